The van der Waals surface area contributed by atoms with Crippen molar-refractivity contribution in [1.82, 2.24) is 0 Å². The van der Waals surface area contributed by atoms with Gasteiger partial charge in [0.2, 0.25) is 11.7 Å². The summed E-state index contributed by atoms with van der Waals surface area (Å²) < 4.78 is 25.9. The van der Waals surface area contributed by atoms with Crippen LogP contribution in [-0.2, 0) is 37.8 Å². The van der Waals surface area contributed by atoms with Crippen molar-refractivity contribution >= 4 is 71.9 Å². The maximum atomic E-state index is 12.3. The van der Waals surface area contributed by atoms with E-state index in [1.807, 2.05) is 135 Å². The number of para-hydroxylation sites is 4. The first-order valence-corrected chi connectivity index (χ1v) is 21.0. The van der Waals surface area contributed by atoms with Gasteiger partial charge in [0.05, 0.1) is 0 Å². The number of hydrogen-bond acceptors (Lipinski definition) is 14. The number of benzene rings is 6. The standard InChI is InChI=1S/2C24H23BN4O4/c2*1-18-14-16-21(17-15-18)24-26-28(22-10-6-4-7-11-22)25(32-19(2)30,33-20(3)31)29(27-24)23-12-8-5-9-13-23/h2*4-17H,1-3H3. The first kappa shape index (κ1) is 45.5. The average molecular weight is 885 g/mol. The van der Waals surface area contributed by atoms with E-state index in [4.69, 9.17) is 39.0 Å². The van der Waals surface area contributed by atoms with E-state index in [2.05, 4.69) is 0 Å². The van der Waals surface area contributed by atoms with E-state index >= 15 is 0 Å². The Labute approximate surface area is 381 Å². The summed E-state index contributed by atoms with van der Waals surface area (Å²) in [6, 6.07) is 51.7. The number of nitrogens with zero attached hydrogens (tertiary/aromatic N) is 8. The van der Waals surface area contributed by atoms with Gasteiger partial charge < -0.3 is 18.6 Å². The molecule has 2 aliphatic heterocycles. The van der Waals surface area contributed by atoms with Crippen LogP contribution in [0.3, 0.4) is 0 Å². The minimum atomic E-state index is -3.02. The molecule has 0 aromatic heterocycles. The lowest BCUT2D eigenvalue weighted by molar-refractivity contribution is -0.414. The molecule has 0 saturated carbocycles. The van der Waals surface area contributed by atoms with E-state index in [0.717, 1.165) is 22.3 Å². The fraction of sp³-hybridized carbons (Fsp3) is 0.125. The van der Waals surface area contributed by atoms with Gasteiger partial charge in [0.25, 0.3) is 23.9 Å². The van der Waals surface area contributed by atoms with Gasteiger partial charge in [-0.15, -0.1) is 0 Å². The van der Waals surface area contributed by atoms with Crippen molar-refractivity contribution in [2.75, 3.05) is 9.84 Å². The molecule has 0 bridgehead atoms. The maximum absolute atomic E-state index is 12.3. The third kappa shape index (κ3) is 10.1. The van der Waals surface area contributed by atoms with Crippen molar-refractivity contribution in [2.24, 2.45) is 20.4 Å². The number of azo groups is 2. The molecule has 332 valence electrons. The van der Waals surface area contributed by atoms with Crippen LogP contribution >= 0.6 is 0 Å². The zero-order valence-corrected chi connectivity index (χ0v) is 37.2. The molecule has 0 radical (unpaired) electrons. The highest BCUT2D eigenvalue weighted by molar-refractivity contribution is 6.68. The molecule has 18 heteroatoms. The molecule has 0 N–H and O–H groups in total. The topological polar surface area (TPSA) is 167 Å². The molecular formula is C48H46B2N8O8. The zero-order chi connectivity index (χ0) is 46.8. The number of rotatable bonds is 10. The molecule has 6 aromatic rings. The third-order valence-electron chi connectivity index (χ3n) is 10.0. The van der Waals surface area contributed by atoms with Crippen LogP contribution in [0.5, 0.6) is 0 Å². The lowest BCUT2D eigenvalue weighted by Crippen LogP contribution is -2.66. The van der Waals surface area contributed by atoms with E-state index in [0.29, 0.717) is 34.4 Å². The zero-order valence-electron chi connectivity index (χ0n) is 37.2. The summed E-state index contributed by atoms with van der Waals surface area (Å²) in [7, 11) is 0. The summed E-state index contributed by atoms with van der Waals surface area (Å²) in [5.41, 5.74) is 5.90. The van der Waals surface area contributed by atoms with Gasteiger partial charge in [-0.2, -0.15) is 19.4 Å². The Morgan fingerprint density at radius 2 is 0.682 bits per heavy atom. The highest BCUT2D eigenvalue weighted by Gasteiger charge is 2.63. The minimum Gasteiger partial charge on any atom is -0.573 e. The Morgan fingerprint density at radius 1 is 0.409 bits per heavy atom. The Kier molecular flexibility index (Phi) is 13.7. The van der Waals surface area contributed by atoms with Crippen LogP contribution in [0.2, 0.25) is 0 Å². The number of hydrogen-bond donors (Lipinski definition) is 0. The molecule has 0 spiro atoms. The van der Waals surface area contributed by atoms with Crippen LogP contribution < -0.4 is 9.84 Å². The lowest BCUT2D eigenvalue weighted by atomic mass is 9.83. The summed E-state index contributed by atoms with van der Waals surface area (Å²) in [6.45, 7) is 2.94. The fourth-order valence-electron chi connectivity index (χ4n) is 7.20. The summed E-state index contributed by atoms with van der Waals surface area (Å²) in [5.74, 6) is -1.88. The SMILES string of the molecule is CC(=O)O[B-]1(OC(C)=O)N(c2ccccc2)N=C(c2ccc(C)cc2)N=[N+]1c1ccccc1.CC(=O)O[B-]1(OC(C)=O)N(c2ccccc2)N=C(c2ccc(C)cc2)N=[N+]1c1ccccc1. The van der Waals surface area contributed by atoms with Crippen LogP contribution in [0.15, 0.2) is 190 Å². The average Bonchev–Trinajstić information content (AvgIpc) is 3.30. The first-order chi connectivity index (χ1) is 31.8. The van der Waals surface area contributed by atoms with Gasteiger partial charge in [-0.25, -0.2) is 0 Å². The second-order valence-electron chi connectivity index (χ2n) is 15.2. The first-order valence-electron chi connectivity index (χ1n) is 21.0. The predicted octanol–water partition coefficient (Wildman–Crippen LogP) is 9.07. The molecule has 8 rings (SSSR count). The van der Waals surface area contributed by atoms with Crippen molar-refractivity contribution in [3.8, 4) is 0 Å². The number of hydrazone groups is 2. The molecule has 0 amide bonds. The Balaban J connectivity index is 0.000000196. The van der Waals surface area contributed by atoms with Crippen LogP contribution in [0, 0.1) is 13.8 Å². The van der Waals surface area contributed by atoms with Crippen molar-refractivity contribution in [3.63, 3.8) is 0 Å². The van der Waals surface area contributed by atoms with Crippen LogP contribution in [0.4, 0.5) is 22.7 Å². The van der Waals surface area contributed by atoms with Gasteiger partial charge in [-0.1, -0.05) is 132 Å². The van der Waals surface area contributed by atoms with Crippen LogP contribution in [0.1, 0.15) is 49.9 Å². The quantitative estimate of drug-likeness (QED) is 0.121. The second-order valence-corrected chi connectivity index (χ2v) is 15.2. The number of aryl methyl sites for hydroxylation is 2. The van der Waals surface area contributed by atoms with Crippen molar-refractivity contribution in [3.05, 3.63) is 192 Å². The van der Waals surface area contributed by atoms with Gasteiger partial charge in [-0.3, -0.25) is 29.0 Å². The number of amidine groups is 2. The smallest absolute Gasteiger partial charge is 0.573 e. The molecule has 16 nitrogen and oxygen atoms in total. The largest absolute Gasteiger partial charge is 0.824 e. The van der Waals surface area contributed by atoms with Gasteiger partial charge in [0.15, 0.2) is 11.4 Å². The van der Waals surface area contributed by atoms with Gasteiger partial charge in [0.1, 0.15) is 0 Å². The Morgan fingerprint density at radius 3 is 0.955 bits per heavy atom. The molecular weight excluding hydrogens is 838 g/mol. The fourth-order valence-corrected chi connectivity index (χ4v) is 7.20. The maximum Gasteiger partial charge on any atom is 0.824 e. The summed E-state index contributed by atoms with van der Waals surface area (Å²) in [6.07, 6.45) is 0. The molecule has 0 unspecified atom stereocenters. The van der Waals surface area contributed by atoms with Gasteiger partial charge >= 0.3 is 13.6 Å². The number of carbonyl (C=O) groups excluding carboxylic acids is 4. The highest BCUT2D eigenvalue weighted by atomic mass is 16.7. The Hall–Kier alpha value is -8.53. The molecule has 2 heterocycles. The third-order valence-corrected chi connectivity index (χ3v) is 10.0. The van der Waals surface area contributed by atoms with Crippen molar-refractivity contribution in [1.29, 1.82) is 0 Å². The van der Waals surface area contributed by atoms with E-state index in [1.165, 1.54) is 46.8 Å². The van der Waals surface area contributed by atoms with Gasteiger partial charge in [0, 0.05) is 74.5 Å². The molecule has 2 aliphatic rings. The Bertz CT molecular complexity index is 2620. The molecule has 66 heavy (non-hydrogen) atoms. The molecule has 6 aromatic carbocycles. The predicted molar refractivity (Wildman–Crippen MR) is 249 cm³/mol. The van der Waals surface area contributed by atoms with E-state index in [-0.39, 0.29) is 0 Å². The summed E-state index contributed by atoms with van der Waals surface area (Å²) in [5, 5.41) is 18.8. The summed E-state index contributed by atoms with van der Waals surface area (Å²) >= 11 is 0. The van der Waals surface area contributed by atoms with E-state index in [1.54, 1.807) is 48.5 Å². The minimum absolute atomic E-state index is 0.361. The highest BCUT2D eigenvalue weighted by Crippen LogP contribution is 2.35. The summed E-state index contributed by atoms with van der Waals surface area (Å²) in [4.78, 5) is 52.0. The van der Waals surface area contributed by atoms with Crippen molar-refractivity contribution < 1.29 is 47.0 Å². The molecule has 0 saturated heterocycles. The van der Waals surface area contributed by atoms with Crippen LogP contribution in [0.25, 0.3) is 0 Å². The van der Waals surface area contributed by atoms with Crippen LogP contribution in [-0.4, -0.2) is 58.4 Å². The molecule has 0 fully saturated rings. The van der Waals surface area contributed by atoms with E-state index < -0.39 is 37.5 Å². The monoisotopic (exact) mass is 884 g/mol. The lowest BCUT2D eigenvalue weighted by Gasteiger charge is -2.41. The molecule has 0 atom stereocenters. The van der Waals surface area contributed by atoms with E-state index in [9.17, 15) is 19.2 Å². The number of anilines is 2. The molecule has 0 aliphatic carbocycles. The second kappa shape index (κ2) is 19.9. The number of carbonyl (C=O) groups is 4. The van der Waals surface area contributed by atoms with Gasteiger partial charge in [-0.05, 0) is 48.3 Å². The van der Waals surface area contributed by atoms with Crippen molar-refractivity contribution in [2.45, 2.75) is 41.5 Å². The normalized spacial score (nSPS) is 14.7.